The Morgan fingerprint density at radius 1 is 1.24 bits per heavy atom. The molecule has 88 valence electrons. The molecule has 0 amide bonds. The normalized spacial score (nSPS) is 13.6. The van der Waals surface area contributed by atoms with Crippen molar-refractivity contribution < 1.29 is 9.60 Å². The maximum atomic E-state index is 13.7. The van der Waals surface area contributed by atoms with Crippen LogP contribution in [0, 0.1) is 5.82 Å². The Kier molecular flexibility index (Phi) is 3.09. The van der Waals surface area contributed by atoms with Gasteiger partial charge < -0.3 is 15.5 Å². The fourth-order valence-corrected chi connectivity index (χ4v) is 1.74. The van der Waals surface area contributed by atoms with Crippen LogP contribution >= 0.6 is 0 Å². The number of amidine groups is 1. The molecule has 5 heteroatoms. The molecule has 4 nitrogen and oxygen atoms in total. The minimum absolute atomic E-state index is 0.0636. The lowest BCUT2D eigenvalue weighted by atomic mass is 10.1. The van der Waals surface area contributed by atoms with E-state index in [2.05, 4.69) is 5.16 Å². The van der Waals surface area contributed by atoms with Crippen LogP contribution in [-0.2, 0) is 0 Å². The summed E-state index contributed by atoms with van der Waals surface area (Å²) in [6.07, 6.45) is 3.46. The molecule has 3 N–H and O–H groups in total. The highest BCUT2D eigenvalue weighted by Crippen LogP contribution is 2.21. The highest BCUT2D eigenvalue weighted by Gasteiger charge is 2.20. The Morgan fingerprint density at radius 2 is 1.88 bits per heavy atom. The lowest BCUT2D eigenvalue weighted by Gasteiger charge is -2.18. The molecule has 0 bridgehead atoms. The summed E-state index contributed by atoms with van der Waals surface area (Å²) in [6, 6.07) is 9.19. The number of hydrogen-bond acceptors (Lipinski definition) is 2. The van der Waals surface area contributed by atoms with Crippen molar-refractivity contribution in [3.63, 3.8) is 0 Å². The average Bonchev–Trinajstić information content (AvgIpc) is 2.85. The van der Waals surface area contributed by atoms with Gasteiger partial charge in [0.25, 0.3) is 0 Å². The van der Waals surface area contributed by atoms with E-state index in [-0.39, 0.29) is 5.84 Å². The van der Waals surface area contributed by atoms with Crippen molar-refractivity contribution in [3.8, 4) is 0 Å². The third-order valence-corrected chi connectivity index (χ3v) is 2.52. The molecule has 0 unspecified atom stereocenters. The first-order valence-electron chi connectivity index (χ1n) is 5.08. The van der Waals surface area contributed by atoms with Crippen molar-refractivity contribution in [3.05, 3.63) is 60.2 Å². The van der Waals surface area contributed by atoms with E-state index in [9.17, 15) is 4.39 Å². The quantitative estimate of drug-likeness (QED) is 0.368. The van der Waals surface area contributed by atoms with Crippen molar-refractivity contribution in [2.75, 3.05) is 0 Å². The summed E-state index contributed by atoms with van der Waals surface area (Å²) >= 11 is 0. The van der Waals surface area contributed by atoms with Crippen molar-refractivity contribution in [1.29, 1.82) is 0 Å². The summed E-state index contributed by atoms with van der Waals surface area (Å²) in [6.45, 7) is 0. The van der Waals surface area contributed by atoms with E-state index in [1.165, 1.54) is 6.07 Å². The first-order valence-corrected chi connectivity index (χ1v) is 5.08. The van der Waals surface area contributed by atoms with Crippen molar-refractivity contribution >= 4 is 5.84 Å². The van der Waals surface area contributed by atoms with E-state index < -0.39 is 11.9 Å². The Morgan fingerprint density at radius 3 is 2.47 bits per heavy atom. The molecule has 0 saturated heterocycles. The monoisotopic (exact) mass is 233 g/mol. The van der Waals surface area contributed by atoms with Gasteiger partial charge in [0.15, 0.2) is 5.84 Å². The number of nitrogens with two attached hydrogens (primary N) is 1. The molecule has 1 aromatic heterocycles. The predicted octanol–water partition coefficient (Wildman–Crippen LogP) is 1.96. The van der Waals surface area contributed by atoms with Crippen LogP contribution in [0.1, 0.15) is 11.6 Å². The van der Waals surface area contributed by atoms with Gasteiger partial charge in [-0.25, -0.2) is 4.39 Å². The molecule has 0 fully saturated rings. The maximum absolute atomic E-state index is 13.7. The minimum atomic E-state index is -0.642. The Labute approximate surface area is 97.8 Å². The molecular formula is C12H12FN3O. The third-order valence-electron chi connectivity index (χ3n) is 2.52. The molecule has 2 aromatic rings. The van der Waals surface area contributed by atoms with Crippen molar-refractivity contribution in [2.24, 2.45) is 10.9 Å². The fourth-order valence-electron chi connectivity index (χ4n) is 1.74. The summed E-state index contributed by atoms with van der Waals surface area (Å²) in [7, 11) is 0. The van der Waals surface area contributed by atoms with Crippen LogP contribution in [-0.4, -0.2) is 15.6 Å². The third kappa shape index (κ3) is 2.13. The zero-order valence-corrected chi connectivity index (χ0v) is 8.99. The second kappa shape index (κ2) is 4.69. The van der Waals surface area contributed by atoms with Gasteiger partial charge in [-0.2, -0.15) is 0 Å². The Hall–Kier alpha value is -2.30. The first-order chi connectivity index (χ1) is 8.24. The van der Waals surface area contributed by atoms with Gasteiger partial charge >= 0.3 is 0 Å². The SMILES string of the molecule is NC(=NO)[C@@H](c1ccccc1F)n1cccc1. The van der Waals surface area contributed by atoms with E-state index in [4.69, 9.17) is 10.9 Å². The highest BCUT2D eigenvalue weighted by atomic mass is 19.1. The van der Waals surface area contributed by atoms with Crippen molar-refractivity contribution in [2.45, 2.75) is 6.04 Å². The molecule has 0 radical (unpaired) electrons. The number of aromatic nitrogens is 1. The summed E-state index contributed by atoms with van der Waals surface area (Å²) in [5.74, 6) is -0.455. The molecule has 0 saturated carbocycles. The fraction of sp³-hybridized carbons (Fsp3) is 0.0833. The van der Waals surface area contributed by atoms with Gasteiger partial charge in [0.05, 0.1) is 0 Å². The van der Waals surface area contributed by atoms with E-state index in [1.54, 1.807) is 47.3 Å². The van der Waals surface area contributed by atoms with Crippen LogP contribution in [0.3, 0.4) is 0 Å². The average molecular weight is 233 g/mol. The number of halogens is 1. The molecular weight excluding hydrogens is 221 g/mol. The highest BCUT2D eigenvalue weighted by molar-refractivity contribution is 5.86. The number of hydrogen-bond donors (Lipinski definition) is 2. The zero-order chi connectivity index (χ0) is 12.3. The van der Waals surface area contributed by atoms with Crippen LogP contribution < -0.4 is 5.73 Å². The summed E-state index contributed by atoms with van der Waals surface area (Å²) < 4.78 is 15.4. The van der Waals surface area contributed by atoms with Crippen LogP contribution in [0.4, 0.5) is 4.39 Å². The van der Waals surface area contributed by atoms with Crippen LogP contribution in [0.5, 0.6) is 0 Å². The smallest absolute Gasteiger partial charge is 0.167 e. The van der Waals surface area contributed by atoms with Gasteiger partial charge in [0.1, 0.15) is 11.9 Å². The summed E-state index contributed by atoms with van der Waals surface area (Å²) in [4.78, 5) is 0. The predicted molar refractivity (Wildman–Crippen MR) is 62.4 cm³/mol. The number of oxime groups is 1. The van der Waals surface area contributed by atoms with Gasteiger partial charge in [-0.3, -0.25) is 0 Å². The van der Waals surface area contributed by atoms with E-state index in [0.29, 0.717) is 5.56 Å². The summed E-state index contributed by atoms with van der Waals surface area (Å²) in [5.41, 5.74) is 5.98. The van der Waals surface area contributed by atoms with Gasteiger partial charge in [-0.15, -0.1) is 0 Å². The number of benzene rings is 1. The van der Waals surface area contributed by atoms with E-state index >= 15 is 0 Å². The largest absolute Gasteiger partial charge is 0.409 e. The van der Waals surface area contributed by atoms with Crippen molar-refractivity contribution in [1.82, 2.24) is 4.57 Å². The Balaban J connectivity index is 2.52. The van der Waals surface area contributed by atoms with Crippen LogP contribution in [0.2, 0.25) is 0 Å². The van der Waals surface area contributed by atoms with Gasteiger partial charge in [0.2, 0.25) is 0 Å². The topological polar surface area (TPSA) is 63.5 Å². The molecule has 0 aliphatic carbocycles. The summed E-state index contributed by atoms with van der Waals surface area (Å²) in [5, 5.41) is 11.8. The minimum Gasteiger partial charge on any atom is -0.409 e. The molecule has 17 heavy (non-hydrogen) atoms. The zero-order valence-electron chi connectivity index (χ0n) is 8.99. The molecule has 2 rings (SSSR count). The van der Waals surface area contributed by atoms with Crippen LogP contribution in [0.25, 0.3) is 0 Å². The number of rotatable bonds is 3. The molecule has 0 spiro atoms. The first kappa shape index (κ1) is 11.2. The van der Waals surface area contributed by atoms with E-state index in [0.717, 1.165) is 0 Å². The molecule has 1 aromatic carbocycles. The molecule has 1 heterocycles. The number of nitrogens with zero attached hydrogens (tertiary/aromatic N) is 2. The second-order valence-electron chi connectivity index (χ2n) is 3.58. The van der Waals surface area contributed by atoms with Gasteiger partial charge in [0, 0.05) is 18.0 Å². The standard InChI is InChI=1S/C12H12FN3O/c13-10-6-2-1-5-9(10)11(12(14)15-17)16-7-3-4-8-16/h1-8,11,17H,(H2,14,15)/t11-/m1/s1. The second-order valence-corrected chi connectivity index (χ2v) is 3.58. The lowest BCUT2D eigenvalue weighted by Crippen LogP contribution is -2.28. The molecule has 0 aliphatic rings. The van der Waals surface area contributed by atoms with Gasteiger partial charge in [-0.05, 0) is 18.2 Å². The maximum Gasteiger partial charge on any atom is 0.167 e. The molecule has 0 aliphatic heterocycles. The molecule has 1 atom stereocenters. The Bertz CT molecular complexity index is 522. The lowest BCUT2D eigenvalue weighted by molar-refractivity contribution is 0.315. The van der Waals surface area contributed by atoms with Crippen LogP contribution in [0.15, 0.2) is 53.9 Å². The van der Waals surface area contributed by atoms with Gasteiger partial charge in [-0.1, -0.05) is 23.4 Å². The van der Waals surface area contributed by atoms with E-state index in [1.807, 2.05) is 0 Å².